The molecule has 150 valence electrons. The lowest BCUT2D eigenvalue weighted by Crippen LogP contribution is -2.26. The fourth-order valence-corrected chi connectivity index (χ4v) is 2.59. The van der Waals surface area contributed by atoms with E-state index in [4.69, 9.17) is 0 Å². The van der Waals surface area contributed by atoms with Gasteiger partial charge in [0.2, 0.25) is 5.82 Å². The maximum atomic E-state index is 13.6. The number of sulfone groups is 1. The van der Waals surface area contributed by atoms with Gasteiger partial charge in [-0.05, 0) is 5.56 Å². The number of halogens is 2. The molecule has 0 aliphatic rings. The Morgan fingerprint density at radius 2 is 1.93 bits per heavy atom. The average molecular weight is 410 g/mol. The molecule has 2 rings (SSSR count). The minimum atomic E-state index is -3.31. The van der Waals surface area contributed by atoms with Crippen LogP contribution in [0.5, 0.6) is 0 Å². The van der Waals surface area contributed by atoms with Crippen LogP contribution in [-0.2, 0) is 22.3 Å². The fraction of sp³-hybridized carbons (Fsp3) is 0.278. The minimum absolute atomic E-state index is 0.0308. The Hall–Kier alpha value is -2.88. The lowest BCUT2D eigenvalue weighted by Gasteiger charge is -2.14. The molecule has 0 radical (unpaired) electrons. The quantitative estimate of drug-likeness (QED) is 0.693. The monoisotopic (exact) mass is 410 g/mol. The standard InChI is InChI=1S/C18H20F2N4O3S/c1-18(19,20)17-23-12-14(16(25)21-9-6-10-28(2,26)27)15(24-17)22-11-13-7-4-3-5-8-13/h3-8,10,12H,9,11H2,1-2H3,(H,21,25)(H,22,23,24)/b10-6+. The van der Waals surface area contributed by atoms with E-state index < -0.39 is 27.5 Å². The van der Waals surface area contributed by atoms with Crippen LogP contribution in [0.3, 0.4) is 0 Å². The highest BCUT2D eigenvalue weighted by Crippen LogP contribution is 2.25. The number of aromatic nitrogens is 2. The van der Waals surface area contributed by atoms with Crippen molar-refractivity contribution >= 4 is 21.6 Å². The van der Waals surface area contributed by atoms with Gasteiger partial charge in [-0.2, -0.15) is 8.78 Å². The number of hydrogen-bond donors (Lipinski definition) is 2. The van der Waals surface area contributed by atoms with Gasteiger partial charge in [-0.1, -0.05) is 36.4 Å². The molecule has 1 aromatic heterocycles. The normalized spacial score (nSPS) is 12.1. The lowest BCUT2D eigenvalue weighted by atomic mass is 10.2. The van der Waals surface area contributed by atoms with Gasteiger partial charge < -0.3 is 10.6 Å². The molecule has 0 fully saturated rings. The van der Waals surface area contributed by atoms with Crippen LogP contribution >= 0.6 is 0 Å². The van der Waals surface area contributed by atoms with Crippen LogP contribution in [0.15, 0.2) is 48.0 Å². The molecular formula is C18H20F2N4O3S. The van der Waals surface area contributed by atoms with Gasteiger partial charge in [-0.15, -0.1) is 0 Å². The molecule has 0 saturated carbocycles. The summed E-state index contributed by atoms with van der Waals surface area (Å²) in [6.07, 6.45) is 3.30. The van der Waals surface area contributed by atoms with Crippen molar-refractivity contribution in [1.29, 1.82) is 0 Å². The molecule has 2 N–H and O–H groups in total. The van der Waals surface area contributed by atoms with Crippen LogP contribution in [0.4, 0.5) is 14.6 Å². The van der Waals surface area contributed by atoms with E-state index in [1.54, 1.807) is 0 Å². The molecule has 10 heteroatoms. The Morgan fingerprint density at radius 1 is 1.25 bits per heavy atom. The van der Waals surface area contributed by atoms with E-state index in [0.717, 1.165) is 23.4 Å². The second-order valence-electron chi connectivity index (χ2n) is 6.09. The zero-order valence-corrected chi connectivity index (χ0v) is 16.1. The van der Waals surface area contributed by atoms with Crippen molar-refractivity contribution in [3.63, 3.8) is 0 Å². The van der Waals surface area contributed by atoms with Gasteiger partial charge in [0.1, 0.15) is 11.4 Å². The molecule has 0 unspecified atom stereocenters. The highest BCUT2D eigenvalue weighted by molar-refractivity contribution is 7.93. The maximum Gasteiger partial charge on any atom is 0.303 e. The Bertz CT molecular complexity index is 959. The van der Waals surface area contributed by atoms with Crippen LogP contribution in [0.1, 0.15) is 28.7 Å². The summed E-state index contributed by atoms with van der Waals surface area (Å²) in [4.78, 5) is 19.7. The maximum absolute atomic E-state index is 13.6. The summed E-state index contributed by atoms with van der Waals surface area (Å²) in [6, 6.07) is 9.15. The summed E-state index contributed by atoms with van der Waals surface area (Å²) in [5.41, 5.74) is 0.838. The first kappa shape index (κ1) is 21.4. The van der Waals surface area contributed by atoms with Crippen molar-refractivity contribution in [3.05, 3.63) is 65.0 Å². The third kappa shape index (κ3) is 6.69. The first-order chi connectivity index (χ1) is 13.1. The molecule has 0 bridgehead atoms. The van der Waals surface area contributed by atoms with Gasteiger partial charge in [0, 0.05) is 37.9 Å². The van der Waals surface area contributed by atoms with E-state index in [-0.39, 0.29) is 24.5 Å². The number of nitrogens with one attached hydrogen (secondary N) is 2. The van der Waals surface area contributed by atoms with Crippen LogP contribution in [0.2, 0.25) is 0 Å². The number of amides is 1. The Labute approximate surface area is 161 Å². The third-order valence-corrected chi connectivity index (χ3v) is 4.14. The van der Waals surface area contributed by atoms with E-state index in [1.165, 1.54) is 6.08 Å². The highest BCUT2D eigenvalue weighted by atomic mass is 32.2. The number of anilines is 1. The minimum Gasteiger partial charge on any atom is -0.365 e. The smallest absolute Gasteiger partial charge is 0.303 e. The molecule has 0 aliphatic heterocycles. The van der Waals surface area contributed by atoms with Crippen molar-refractivity contribution in [3.8, 4) is 0 Å². The zero-order chi connectivity index (χ0) is 20.8. The second-order valence-corrected chi connectivity index (χ2v) is 8.03. The topological polar surface area (TPSA) is 101 Å². The molecule has 0 atom stereocenters. The molecule has 0 aliphatic carbocycles. The van der Waals surface area contributed by atoms with Crippen molar-refractivity contribution in [2.75, 3.05) is 18.1 Å². The number of benzene rings is 1. The van der Waals surface area contributed by atoms with Crippen molar-refractivity contribution in [2.24, 2.45) is 0 Å². The number of alkyl halides is 2. The number of carbonyl (C=O) groups is 1. The molecule has 1 heterocycles. The van der Waals surface area contributed by atoms with Gasteiger partial charge in [0.15, 0.2) is 9.84 Å². The molecule has 1 aromatic carbocycles. The van der Waals surface area contributed by atoms with Crippen LogP contribution in [-0.4, -0.2) is 37.1 Å². The average Bonchev–Trinajstić information content (AvgIpc) is 2.62. The molecule has 2 aromatic rings. The first-order valence-electron chi connectivity index (χ1n) is 8.24. The van der Waals surface area contributed by atoms with Crippen LogP contribution < -0.4 is 10.6 Å². The van der Waals surface area contributed by atoms with Crippen LogP contribution in [0.25, 0.3) is 0 Å². The Balaban J connectivity index is 2.21. The molecule has 0 saturated heterocycles. The van der Waals surface area contributed by atoms with E-state index in [9.17, 15) is 22.0 Å². The second kappa shape index (κ2) is 8.87. The molecule has 0 spiro atoms. The van der Waals surface area contributed by atoms with E-state index in [0.29, 0.717) is 6.92 Å². The number of hydrogen-bond acceptors (Lipinski definition) is 6. The van der Waals surface area contributed by atoms with Gasteiger partial charge in [0.05, 0.1) is 0 Å². The summed E-state index contributed by atoms with van der Waals surface area (Å²) in [6.45, 7) is 0.871. The van der Waals surface area contributed by atoms with E-state index in [1.807, 2.05) is 30.3 Å². The number of carbonyl (C=O) groups excluding carboxylic acids is 1. The third-order valence-electron chi connectivity index (χ3n) is 3.45. The van der Waals surface area contributed by atoms with Crippen molar-refractivity contribution < 1.29 is 22.0 Å². The molecule has 1 amide bonds. The fourth-order valence-electron chi connectivity index (χ4n) is 2.15. The van der Waals surface area contributed by atoms with Crippen molar-refractivity contribution in [2.45, 2.75) is 19.4 Å². The molecule has 7 nitrogen and oxygen atoms in total. The Kier molecular flexibility index (Phi) is 6.79. The first-order valence-corrected chi connectivity index (χ1v) is 10.2. The summed E-state index contributed by atoms with van der Waals surface area (Å²) in [5.74, 6) is -4.65. The van der Waals surface area contributed by atoms with Gasteiger partial charge in [-0.25, -0.2) is 18.4 Å². The predicted octanol–water partition coefficient (Wildman–Crippen LogP) is 2.49. The van der Waals surface area contributed by atoms with E-state index in [2.05, 4.69) is 20.6 Å². The summed E-state index contributed by atoms with van der Waals surface area (Å²) >= 11 is 0. The summed E-state index contributed by atoms with van der Waals surface area (Å²) in [5, 5.41) is 6.31. The number of rotatable bonds is 8. The number of nitrogens with zero attached hydrogens (tertiary/aromatic N) is 2. The van der Waals surface area contributed by atoms with Crippen molar-refractivity contribution in [1.82, 2.24) is 15.3 Å². The largest absolute Gasteiger partial charge is 0.365 e. The highest BCUT2D eigenvalue weighted by Gasteiger charge is 2.29. The molecule has 28 heavy (non-hydrogen) atoms. The summed E-state index contributed by atoms with van der Waals surface area (Å²) in [7, 11) is -3.31. The predicted molar refractivity (Wildman–Crippen MR) is 102 cm³/mol. The van der Waals surface area contributed by atoms with Gasteiger partial charge in [0.25, 0.3) is 5.91 Å². The SMILES string of the molecule is CC(F)(F)c1ncc(C(=O)NC/C=C/S(C)(=O)=O)c(NCc2ccccc2)n1. The van der Waals surface area contributed by atoms with Gasteiger partial charge >= 0.3 is 5.92 Å². The summed E-state index contributed by atoms with van der Waals surface area (Å²) < 4.78 is 49.2. The van der Waals surface area contributed by atoms with Gasteiger partial charge in [-0.3, -0.25) is 4.79 Å². The zero-order valence-electron chi connectivity index (χ0n) is 15.3. The molecular weight excluding hydrogens is 390 g/mol. The van der Waals surface area contributed by atoms with Crippen LogP contribution in [0, 0.1) is 0 Å². The van der Waals surface area contributed by atoms with E-state index >= 15 is 0 Å². The lowest BCUT2D eigenvalue weighted by molar-refractivity contribution is 0.00774. The Morgan fingerprint density at radius 3 is 2.54 bits per heavy atom.